The molecule has 1 heterocycles. The van der Waals surface area contributed by atoms with E-state index in [0.29, 0.717) is 0 Å². The lowest BCUT2D eigenvalue weighted by Gasteiger charge is -2.15. The van der Waals surface area contributed by atoms with Crippen molar-refractivity contribution in [1.29, 1.82) is 0 Å². The van der Waals surface area contributed by atoms with Crippen molar-refractivity contribution in [2.24, 2.45) is 0 Å². The maximum atomic E-state index is 9.40. The average Bonchev–Trinajstić information content (AvgIpc) is 2.81. The highest BCUT2D eigenvalue weighted by Gasteiger charge is 2.08. The zero-order valence-electron chi connectivity index (χ0n) is 9.97. The highest BCUT2D eigenvalue weighted by atomic mass is 79.9. The first-order valence-corrected chi connectivity index (χ1v) is 7.56. The lowest BCUT2D eigenvalue weighted by Crippen LogP contribution is -2.33. The van der Waals surface area contributed by atoms with E-state index in [9.17, 15) is 5.11 Å². The summed E-state index contributed by atoms with van der Waals surface area (Å²) in [4.78, 5) is 1.27. The summed E-state index contributed by atoms with van der Waals surface area (Å²) < 4.78 is 1.12. The Kier molecular flexibility index (Phi) is 5.38. The van der Waals surface area contributed by atoms with Crippen LogP contribution in [0.25, 0.3) is 0 Å². The van der Waals surface area contributed by atoms with Gasteiger partial charge in [0.1, 0.15) is 0 Å². The van der Waals surface area contributed by atoms with Crippen molar-refractivity contribution in [1.82, 2.24) is 5.32 Å². The van der Waals surface area contributed by atoms with Crippen LogP contribution in [0.15, 0.2) is 46.3 Å². The van der Waals surface area contributed by atoms with Gasteiger partial charge in [0.05, 0.1) is 6.61 Å². The molecule has 0 amide bonds. The van der Waals surface area contributed by atoms with Gasteiger partial charge in [-0.1, -0.05) is 30.3 Å². The maximum absolute atomic E-state index is 9.40. The van der Waals surface area contributed by atoms with Gasteiger partial charge in [-0.3, -0.25) is 0 Å². The molecule has 0 unspecified atom stereocenters. The number of aliphatic hydroxyl groups is 1. The third-order valence-electron chi connectivity index (χ3n) is 2.73. The summed E-state index contributed by atoms with van der Waals surface area (Å²) in [6, 6.07) is 12.5. The van der Waals surface area contributed by atoms with Crippen LogP contribution in [-0.4, -0.2) is 17.8 Å². The Bertz CT molecular complexity index is 472. The smallest absolute Gasteiger partial charge is 0.0587 e. The van der Waals surface area contributed by atoms with Gasteiger partial charge in [0.2, 0.25) is 0 Å². The molecule has 1 atom stereocenters. The van der Waals surface area contributed by atoms with Crippen LogP contribution in [0.3, 0.4) is 0 Å². The summed E-state index contributed by atoms with van der Waals surface area (Å²) in [7, 11) is 0. The largest absolute Gasteiger partial charge is 0.395 e. The normalized spacial score (nSPS) is 12.6. The third-order valence-corrected chi connectivity index (χ3v) is 4.43. The molecular weight excluding hydrogens is 310 g/mol. The second-order valence-corrected chi connectivity index (χ2v) is 6.09. The van der Waals surface area contributed by atoms with Crippen molar-refractivity contribution in [3.8, 4) is 0 Å². The fourth-order valence-electron chi connectivity index (χ4n) is 1.79. The highest BCUT2D eigenvalue weighted by molar-refractivity contribution is 9.10. The standard InChI is InChI=1S/C14H16BrNOS/c15-12-7-14(18-10-12)8-16-13(9-17)6-11-4-2-1-3-5-11/h1-5,7,10,13,16-17H,6,8-9H2/t13-/m0/s1. The van der Waals surface area contributed by atoms with Gasteiger partial charge in [0.15, 0.2) is 0 Å². The van der Waals surface area contributed by atoms with E-state index in [1.54, 1.807) is 11.3 Å². The molecule has 0 bridgehead atoms. The Balaban J connectivity index is 1.86. The third kappa shape index (κ3) is 4.21. The zero-order chi connectivity index (χ0) is 12.8. The first-order valence-electron chi connectivity index (χ1n) is 5.89. The lowest BCUT2D eigenvalue weighted by molar-refractivity contribution is 0.241. The van der Waals surface area contributed by atoms with Crippen LogP contribution in [0, 0.1) is 0 Å². The molecule has 18 heavy (non-hydrogen) atoms. The van der Waals surface area contributed by atoms with Crippen LogP contribution < -0.4 is 5.32 Å². The van der Waals surface area contributed by atoms with Crippen molar-refractivity contribution < 1.29 is 5.11 Å². The number of benzene rings is 1. The summed E-state index contributed by atoms with van der Waals surface area (Å²) >= 11 is 5.16. The molecule has 2 N–H and O–H groups in total. The zero-order valence-corrected chi connectivity index (χ0v) is 12.4. The molecule has 1 aromatic heterocycles. The molecule has 4 heteroatoms. The van der Waals surface area contributed by atoms with Crippen LogP contribution in [0.5, 0.6) is 0 Å². The lowest BCUT2D eigenvalue weighted by atomic mass is 10.1. The average molecular weight is 326 g/mol. The number of thiophene rings is 1. The Hall–Kier alpha value is -0.680. The fraction of sp³-hybridized carbons (Fsp3) is 0.286. The van der Waals surface area contributed by atoms with Crippen LogP contribution in [0.1, 0.15) is 10.4 Å². The van der Waals surface area contributed by atoms with Crippen LogP contribution in [-0.2, 0) is 13.0 Å². The van der Waals surface area contributed by atoms with Gasteiger partial charge in [-0.25, -0.2) is 0 Å². The molecule has 0 radical (unpaired) electrons. The first kappa shape index (κ1) is 13.7. The number of nitrogens with one attached hydrogen (secondary N) is 1. The van der Waals surface area contributed by atoms with E-state index in [1.165, 1.54) is 10.4 Å². The van der Waals surface area contributed by atoms with Gasteiger partial charge in [0.25, 0.3) is 0 Å². The van der Waals surface area contributed by atoms with Crippen molar-refractivity contribution >= 4 is 27.3 Å². The predicted molar refractivity (Wildman–Crippen MR) is 79.9 cm³/mol. The first-order chi connectivity index (χ1) is 8.78. The number of rotatable bonds is 6. The quantitative estimate of drug-likeness (QED) is 0.854. The minimum Gasteiger partial charge on any atom is -0.395 e. The summed E-state index contributed by atoms with van der Waals surface area (Å²) in [5.74, 6) is 0. The highest BCUT2D eigenvalue weighted by Crippen LogP contribution is 2.19. The molecule has 0 aliphatic heterocycles. The molecular formula is C14H16BrNOS. The monoisotopic (exact) mass is 325 g/mol. The van der Waals surface area contributed by atoms with Crippen molar-refractivity contribution in [3.05, 3.63) is 56.7 Å². The van der Waals surface area contributed by atoms with E-state index < -0.39 is 0 Å². The number of halogens is 1. The van der Waals surface area contributed by atoms with E-state index >= 15 is 0 Å². The maximum Gasteiger partial charge on any atom is 0.0587 e. The van der Waals surface area contributed by atoms with Gasteiger partial charge in [0, 0.05) is 27.3 Å². The van der Waals surface area contributed by atoms with Crippen LogP contribution in [0.4, 0.5) is 0 Å². The number of hydrogen-bond acceptors (Lipinski definition) is 3. The molecule has 0 aliphatic rings. The minimum atomic E-state index is 0.105. The Labute approximate surface area is 120 Å². The van der Waals surface area contributed by atoms with E-state index in [0.717, 1.165) is 17.4 Å². The van der Waals surface area contributed by atoms with Gasteiger partial charge in [-0.2, -0.15) is 0 Å². The molecule has 0 saturated carbocycles. The van der Waals surface area contributed by atoms with Crippen LogP contribution >= 0.6 is 27.3 Å². The molecule has 2 nitrogen and oxygen atoms in total. The SMILES string of the molecule is OC[C@H](Cc1ccccc1)NCc1cc(Br)cs1. The second-order valence-electron chi connectivity index (χ2n) is 4.18. The molecule has 1 aromatic carbocycles. The molecule has 2 aromatic rings. The fourth-order valence-corrected chi connectivity index (χ4v) is 3.19. The van der Waals surface area contributed by atoms with Gasteiger partial charge in [-0.05, 0) is 34.0 Å². The molecule has 96 valence electrons. The summed E-state index contributed by atoms with van der Waals surface area (Å²) in [5, 5.41) is 14.9. The van der Waals surface area contributed by atoms with Crippen molar-refractivity contribution in [2.45, 2.75) is 19.0 Å². The molecule has 2 rings (SSSR count). The van der Waals surface area contributed by atoms with Gasteiger partial charge in [-0.15, -0.1) is 11.3 Å². The van der Waals surface area contributed by atoms with E-state index in [4.69, 9.17) is 0 Å². The Morgan fingerprint density at radius 2 is 2.06 bits per heavy atom. The topological polar surface area (TPSA) is 32.3 Å². The Morgan fingerprint density at radius 3 is 2.67 bits per heavy atom. The molecule has 0 aliphatic carbocycles. The van der Waals surface area contributed by atoms with E-state index in [-0.39, 0.29) is 12.6 Å². The summed E-state index contributed by atoms with van der Waals surface area (Å²) in [6.45, 7) is 0.954. The molecule has 0 fully saturated rings. The van der Waals surface area contributed by atoms with Gasteiger partial charge >= 0.3 is 0 Å². The number of aliphatic hydroxyl groups excluding tert-OH is 1. The van der Waals surface area contributed by atoms with Crippen molar-refractivity contribution in [3.63, 3.8) is 0 Å². The molecule has 0 saturated heterocycles. The molecule has 0 spiro atoms. The second kappa shape index (κ2) is 7.04. The predicted octanol–water partition coefficient (Wildman–Crippen LogP) is 3.20. The summed E-state index contributed by atoms with van der Waals surface area (Å²) in [6.07, 6.45) is 0.851. The Morgan fingerprint density at radius 1 is 1.28 bits per heavy atom. The van der Waals surface area contributed by atoms with E-state index in [1.807, 2.05) is 18.2 Å². The summed E-state index contributed by atoms with van der Waals surface area (Å²) in [5.41, 5.74) is 1.25. The van der Waals surface area contributed by atoms with Crippen molar-refractivity contribution in [2.75, 3.05) is 6.61 Å². The van der Waals surface area contributed by atoms with Gasteiger partial charge < -0.3 is 10.4 Å². The van der Waals surface area contributed by atoms with E-state index in [2.05, 4.69) is 44.8 Å². The number of hydrogen-bond donors (Lipinski definition) is 2. The van der Waals surface area contributed by atoms with Crippen LogP contribution in [0.2, 0.25) is 0 Å². The minimum absolute atomic E-state index is 0.105.